The lowest BCUT2D eigenvalue weighted by molar-refractivity contribution is 0.170. The topological polar surface area (TPSA) is 69.2 Å². The van der Waals surface area contributed by atoms with Gasteiger partial charge in [0, 0.05) is 48.5 Å². The van der Waals surface area contributed by atoms with Gasteiger partial charge in [-0.2, -0.15) is 5.26 Å². The number of piperazine rings is 1. The predicted molar refractivity (Wildman–Crippen MR) is 111 cm³/mol. The zero-order valence-corrected chi connectivity index (χ0v) is 16.6. The molecule has 2 atom stereocenters. The standard InChI is InChI=1S/C22H20ClN5O/c23-17-5-1-3-15(11-17)21-12-19(26-29-21)20-7-6-18-14-27(9-10-28(18)20)22-16(13-24)4-2-8-25-22/h1-5,8,11-12,18,20H,6-7,9-10,14H2/t18-,20+/m0/s1. The van der Waals surface area contributed by atoms with Crippen molar-refractivity contribution in [2.75, 3.05) is 24.5 Å². The van der Waals surface area contributed by atoms with Gasteiger partial charge >= 0.3 is 0 Å². The van der Waals surface area contributed by atoms with Crippen LogP contribution in [0.15, 0.2) is 53.2 Å². The van der Waals surface area contributed by atoms with E-state index in [9.17, 15) is 5.26 Å². The van der Waals surface area contributed by atoms with Crippen LogP contribution in [0.4, 0.5) is 5.82 Å². The van der Waals surface area contributed by atoms with E-state index in [1.165, 1.54) is 0 Å². The Kier molecular flexibility index (Phi) is 4.70. The largest absolute Gasteiger partial charge is 0.356 e. The minimum absolute atomic E-state index is 0.262. The van der Waals surface area contributed by atoms with Crippen LogP contribution in [-0.4, -0.2) is 40.7 Å². The van der Waals surface area contributed by atoms with Crippen molar-refractivity contribution in [3.05, 3.63) is 64.9 Å². The predicted octanol–water partition coefficient (Wildman–Crippen LogP) is 4.29. The quantitative estimate of drug-likeness (QED) is 0.647. The molecular formula is C22H20ClN5O. The normalized spacial score (nSPS) is 21.7. The molecule has 0 unspecified atom stereocenters. The Labute approximate surface area is 174 Å². The molecule has 0 aliphatic carbocycles. The summed E-state index contributed by atoms with van der Waals surface area (Å²) in [4.78, 5) is 9.21. The average Bonchev–Trinajstić information content (AvgIpc) is 3.40. The maximum Gasteiger partial charge on any atom is 0.167 e. The van der Waals surface area contributed by atoms with Crippen LogP contribution in [0.5, 0.6) is 0 Å². The summed E-state index contributed by atoms with van der Waals surface area (Å²) in [5.41, 5.74) is 2.56. The number of rotatable bonds is 3. The molecule has 146 valence electrons. The molecule has 29 heavy (non-hydrogen) atoms. The van der Waals surface area contributed by atoms with E-state index in [1.807, 2.05) is 42.5 Å². The number of halogens is 1. The monoisotopic (exact) mass is 405 g/mol. The van der Waals surface area contributed by atoms with Gasteiger partial charge in [-0.3, -0.25) is 4.90 Å². The zero-order valence-electron chi connectivity index (χ0n) is 15.8. The SMILES string of the molecule is N#Cc1cccnc1N1CCN2[C@@H](CC[C@@H]2c2cc(-c3cccc(Cl)c3)on2)C1. The van der Waals surface area contributed by atoms with Crippen LogP contribution in [-0.2, 0) is 0 Å². The second-order valence-electron chi connectivity index (χ2n) is 7.54. The lowest BCUT2D eigenvalue weighted by atomic mass is 10.1. The molecule has 2 aromatic heterocycles. The molecule has 0 amide bonds. The Morgan fingerprint density at radius 2 is 2.07 bits per heavy atom. The number of nitrogens with zero attached hydrogens (tertiary/aromatic N) is 5. The number of hydrogen-bond acceptors (Lipinski definition) is 6. The highest BCUT2D eigenvalue weighted by atomic mass is 35.5. The molecule has 3 aromatic rings. The number of nitriles is 1. The van der Waals surface area contributed by atoms with Crippen LogP contribution in [0.25, 0.3) is 11.3 Å². The molecule has 2 saturated heterocycles. The van der Waals surface area contributed by atoms with E-state index >= 15 is 0 Å². The third kappa shape index (κ3) is 3.37. The summed E-state index contributed by atoms with van der Waals surface area (Å²) in [6.07, 6.45) is 3.90. The first kappa shape index (κ1) is 18.2. The van der Waals surface area contributed by atoms with E-state index in [2.05, 4.69) is 26.0 Å². The van der Waals surface area contributed by atoms with E-state index < -0.39 is 0 Å². The van der Waals surface area contributed by atoms with Crippen LogP contribution in [0, 0.1) is 11.3 Å². The maximum absolute atomic E-state index is 9.39. The van der Waals surface area contributed by atoms with Gasteiger partial charge in [0.15, 0.2) is 5.76 Å². The van der Waals surface area contributed by atoms with Crippen molar-refractivity contribution in [2.24, 2.45) is 0 Å². The van der Waals surface area contributed by atoms with Crippen LogP contribution >= 0.6 is 11.6 Å². The second-order valence-corrected chi connectivity index (χ2v) is 7.98. The molecule has 2 aliphatic heterocycles. The maximum atomic E-state index is 9.39. The number of anilines is 1. The molecular weight excluding hydrogens is 386 g/mol. The molecule has 6 nitrogen and oxygen atoms in total. The van der Waals surface area contributed by atoms with Gasteiger partial charge in [0.05, 0.1) is 11.6 Å². The molecule has 0 saturated carbocycles. The summed E-state index contributed by atoms with van der Waals surface area (Å²) in [6.45, 7) is 2.63. The minimum atomic E-state index is 0.262. The molecule has 1 aromatic carbocycles. The molecule has 0 N–H and O–H groups in total. The van der Waals surface area contributed by atoms with Gasteiger partial charge in [0.1, 0.15) is 17.6 Å². The van der Waals surface area contributed by atoms with E-state index in [4.69, 9.17) is 16.1 Å². The van der Waals surface area contributed by atoms with Gasteiger partial charge in [-0.1, -0.05) is 28.9 Å². The van der Waals surface area contributed by atoms with Crippen LogP contribution < -0.4 is 4.90 Å². The Bertz CT molecular complexity index is 1070. The highest BCUT2D eigenvalue weighted by Gasteiger charge is 2.40. The molecule has 0 spiro atoms. The minimum Gasteiger partial charge on any atom is -0.356 e. The Morgan fingerprint density at radius 1 is 1.14 bits per heavy atom. The van der Waals surface area contributed by atoms with Gasteiger partial charge in [-0.15, -0.1) is 0 Å². The number of pyridine rings is 1. The molecule has 0 bridgehead atoms. The van der Waals surface area contributed by atoms with E-state index in [0.717, 1.165) is 55.3 Å². The number of fused-ring (bicyclic) bond motifs is 1. The second kappa shape index (κ2) is 7.51. The fourth-order valence-electron chi connectivity index (χ4n) is 4.52. The van der Waals surface area contributed by atoms with Gasteiger partial charge in [-0.25, -0.2) is 4.98 Å². The molecule has 2 aliphatic rings. The first-order valence-corrected chi connectivity index (χ1v) is 10.2. The smallest absolute Gasteiger partial charge is 0.167 e. The van der Waals surface area contributed by atoms with E-state index in [-0.39, 0.29) is 6.04 Å². The van der Waals surface area contributed by atoms with Crippen molar-refractivity contribution < 1.29 is 4.52 Å². The third-order valence-corrected chi connectivity index (χ3v) is 6.12. The van der Waals surface area contributed by atoms with Crippen molar-refractivity contribution in [3.63, 3.8) is 0 Å². The lowest BCUT2D eigenvalue weighted by Gasteiger charge is -2.40. The summed E-state index contributed by atoms with van der Waals surface area (Å²) in [7, 11) is 0. The number of benzene rings is 1. The molecule has 4 heterocycles. The van der Waals surface area contributed by atoms with E-state index in [0.29, 0.717) is 16.6 Å². The Morgan fingerprint density at radius 3 is 2.93 bits per heavy atom. The molecule has 0 radical (unpaired) electrons. The van der Waals surface area contributed by atoms with Gasteiger partial charge in [0.25, 0.3) is 0 Å². The van der Waals surface area contributed by atoms with Crippen molar-refractivity contribution in [1.29, 1.82) is 5.26 Å². The Hall–Kier alpha value is -2.88. The molecule has 7 heteroatoms. The van der Waals surface area contributed by atoms with Crippen LogP contribution in [0.1, 0.15) is 30.1 Å². The van der Waals surface area contributed by atoms with E-state index in [1.54, 1.807) is 6.20 Å². The summed E-state index contributed by atoms with van der Waals surface area (Å²) in [6, 6.07) is 16.3. The fraction of sp³-hybridized carbons (Fsp3) is 0.318. The third-order valence-electron chi connectivity index (χ3n) is 5.89. The highest BCUT2D eigenvalue weighted by Crippen LogP contribution is 2.39. The Balaban J connectivity index is 1.33. The first-order chi connectivity index (χ1) is 14.2. The van der Waals surface area contributed by atoms with Gasteiger partial charge < -0.3 is 9.42 Å². The zero-order chi connectivity index (χ0) is 19.8. The van der Waals surface area contributed by atoms with Gasteiger partial charge in [0.2, 0.25) is 0 Å². The van der Waals surface area contributed by atoms with Gasteiger partial charge in [-0.05, 0) is 37.1 Å². The molecule has 2 fully saturated rings. The van der Waals surface area contributed by atoms with Crippen molar-refractivity contribution in [1.82, 2.24) is 15.0 Å². The average molecular weight is 406 g/mol. The first-order valence-electron chi connectivity index (χ1n) is 9.81. The number of hydrogen-bond donors (Lipinski definition) is 0. The van der Waals surface area contributed by atoms with Crippen molar-refractivity contribution >= 4 is 17.4 Å². The number of aromatic nitrogens is 2. The summed E-state index contributed by atoms with van der Waals surface area (Å²) >= 11 is 6.11. The summed E-state index contributed by atoms with van der Waals surface area (Å²) < 4.78 is 5.63. The van der Waals surface area contributed by atoms with Crippen molar-refractivity contribution in [3.8, 4) is 17.4 Å². The fourth-order valence-corrected chi connectivity index (χ4v) is 4.71. The summed E-state index contributed by atoms with van der Waals surface area (Å²) in [5, 5.41) is 14.4. The summed E-state index contributed by atoms with van der Waals surface area (Å²) in [5.74, 6) is 1.54. The van der Waals surface area contributed by atoms with Crippen molar-refractivity contribution in [2.45, 2.75) is 24.9 Å². The van der Waals surface area contributed by atoms with Crippen LogP contribution in [0.2, 0.25) is 5.02 Å². The molecule has 5 rings (SSSR count). The highest BCUT2D eigenvalue weighted by molar-refractivity contribution is 6.30. The lowest BCUT2D eigenvalue weighted by Crippen LogP contribution is -2.51. The van der Waals surface area contributed by atoms with Crippen LogP contribution in [0.3, 0.4) is 0 Å².